The zero-order chi connectivity index (χ0) is 19.2. The minimum Gasteiger partial charge on any atom is -0.493 e. The van der Waals surface area contributed by atoms with Crippen LogP contribution in [0.1, 0.15) is 37.0 Å². The van der Waals surface area contributed by atoms with E-state index in [1.807, 2.05) is 47.9 Å². The quantitative estimate of drug-likeness (QED) is 0.794. The molecule has 0 bridgehead atoms. The average Bonchev–Trinajstić information content (AvgIpc) is 2.72. The van der Waals surface area contributed by atoms with Crippen LogP contribution in [0.15, 0.2) is 24.3 Å². The van der Waals surface area contributed by atoms with Crippen LogP contribution in [0.5, 0.6) is 5.75 Å². The predicted octanol–water partition coefficient (Wildman–Crippen LogP) is 2.43. The van der Waals surface area contributed by atoms with E-state index in [0.29, 0.717) is 44.4 Å². The van der Waals surface area contributed by atoms with Crippen molar-refractivity contribution in [3.05, 3.63) is 29.8 Å². The van der Waals surface area contributed by atoms with Gasteiger partial charge in [0, 0.05) is 43.6 Å². The van der Waals surface area contributed by atoms with E-state index in [1.165, 1.54) is 0 Å². The molecule has 6 heteroatoms. The lowest BCUT2D eigenvalue weighted by molar-refractivity contribution is -0.136. The third-order valence-corrected chi connectivity index (χ3v) is 5.21. The molecule has 0 aromatic heterocycles. The van der Waals surface area contributed by atoms with Gasteiger partial charge >= 0.3 is 0 Å². The van der Waals surface area contributed by atoms with Crippen LogP contribution in [-0.4, -0.2) is 67.6 Å². The summed E-state index contributed by atoms with van der Waals surface area (Å²) in [5.74, 6) is 1.43. The molecule has 0 aliphatic carbocycles. The van der Waals surface area contributed by atoms with E-state index in [4.69, 9.17) is 9.47 Å². The van der Waals surface area contributed by atoms with E-state index >= 15 is 0 Å². The molecule has 2 fully saturated rings. The second-order valence-corrected chi connectivity index (χ2v) is 7.69. The standard InChI is InChI=1S/C21H30N2O4/c1-16(2)20(24)23-9-3-4-17(14-23)15-27-19-7-5-18(6-8-19)21(25)22-10-12-26-13-11-22/h5-8,16-17H,3-4,9-15H2,1-2H3. The number of likely N-dealkylation sites (tertiary alicyclic amines) is 1. The largest absolute Gasteiger partial charge is 0.493 e. The lowest BCUT2D eigenvalue weighted by Gasteiger charge is -2.33. The maximum absolute atomic E-state index is 12.5. The third kappa shape index (κ3) is 5.22. The predicted molar refractivity (Wildman–Crippen MR) is 103 cm³/mol. The minimum absolute atomic E-state index is 0.0416. The van der Waals surface area contributed by atoms with Crippen molar-refractivity contribution in [2.45, 2.75) is 26.7 Å². The lowest BCUT2D eigenvalue weighted by Crippen LogP contribution is -2.43. The highest BCUT2D eigenvalue weighted by molar-refractivity contribution is 5.94. The molecule has 3 rings (SSSR count). The average molecular weight is 374 g/mol. The molecule has 2 saturated heterocycles. The Kier molecular flexibility index (Phi) is 6.72. The van der Waals surface area contributed by atoms with Gasteiger partial charge in [0.2, 0.25) is 5.91 Å². The molecule has 2 aliphatic rings. The first kappa shape index (κ1) is 19.7. The van der Waals surface area contributed by atoms with E-state index in [2.05, 4.69) is 0 Å². The molecule has 0 N–H and O–H groups in total. The highest BCUT2D eigenvalue weighted by Gasteiger charge is 2.25. The highest BCUT2D eigenvalue weighted by Crippen LogP contribution is 2.21. The highest BCUT2D eigenvalue weighted by atomic mass is 16.5. The fourth-order valence-electron chi connectivity index (χ4n) is 3.62. The van der Waals surface area contributed by atoms with Gasteiger partial charge in [-0.3, -0.25) is 9.59 Å². The molecular formula is C21H30N2O4. The molecule has 1 atom stereocenters. The zero-order valence-corrected chi connectivity index (χ0v) is 16.4. The van der Waals surface area contributed by atoms with Gasteiger partial charge in [-0.2, -0.15) is 0 Å². The Morgan fingerprint density at radius 1 is 1.11 bits per heavy atom. The van der Waals surface area contributed by atoms with Crippen LogP contribution in [0.2, 0.25) is 0 Å². The smallest absolute Gasteiger partial charge is 0.254 e. The van der Waals surface area contributed by atoms with Gasteiger partial charge in [-0.1, -0.05) is 13.8 Å². The molecule has 0 spiro atoms. The molecule has 1 aromatic rings. The number of piperidine rings is 1. The van der Waals surface area contributed by atoms with Crippen molar-refractivity contribution in [2.75, 3.05) is 46.0 Å². The molecular weight excluding hydrogens is 344 g/mol. The molecule has 2 heterocycles. The van der Waals surface area contributed by atoms with Gasteiger partial charge in [0.25, 0.3) is 5.91 Å². The van der Waals surface area contributed by atoms with Crippen LogP contribution in [-0.2, 0) is 9.53 Å². The van der Waals surface area contributed by atoms with Crippen molar-refractivity contribution in [1.82, 2.24) is 9.80 Å². The number of morpholine rings is 1. The molecule has 2 amide bonds. The third-order valence-electron chi connectivity index (χ3n) is 5.21. The van der Waals surface area contributed by atoms with Crippen molar-refractivity contribution in [2.24, 2.45) is 11.8 Å². The van der Waals surface area contributed by atoms with Crippen molar-refractivity contribution in [3.63, 3.8) is 0 Å². The number of ether oxygens (including phenoxy) is 2. The van der Waals surface area contributed by atoms with Crippen molar-refractivity contribution in [3.8, 4) is 5.75 Å². The number of amides is 2. The van der Waals surface area contributed by atoms with E-state index in [1.54, 1.807) is 0 Å². The number of carbonyl (C=O) groups excluding carboxylic acids is 2. The first-order valence-corrected chi connectivity index (χ1v) is 9.93. The van der Waals surface area contributed by atoms with Gasteiger partial charge in [-0.25, -0.2) is 0 Å². The molecule has 1 unspecified atom stereocenters. The first-order valence-electron chi connectivity index (χ1n) is 9.93. The summed E-state index contributed by atoms with van der Waals surface area (Å²) in [4.78, 5) is 28.4. The van der Waals surface area contributed by atoms with Crippen molar-refractivity contribution >= 4 is 11.8 Å². The molecule has 2 aliphatic heterocycles. The SMILES string of the molecule is CC(C)C(=O)N1CCCC(COc2ccc(C(=O)N3CCOCC3)cc2)C1. The van der Waals surface area contributed by atoms with E-state index in [0.717, 1.165) is 31.7 Å². The van der Waals surface area contributed by atoms with Crippen LogP contribution in [0, 0.1) is 11.8 Å². The summed E-state index contributed by atoms with van der Waals surface area (Å²) in [5, 5.41) is 0. The van der Waals surface area contributed by atoms with Crippen molar-refractivity contribution < 1.29 is 19.1 Å². The van der Waals surface area contributed by atoms with Crippen molar-refractivity contribution in [1.29, 1.82) is 0 Å². The van der Waals surface area contributed by atoms with Crippen LogP contribution >= 0.6 is 0 Å². The first-order chi connectivity index (χ1) is 13.0. The number of nitrogens with zero attached hydrogens (tertiary/aromatic N) is 2. The second-order valence-electron chi connectivity index (χ2n) is 7.69. The second kappa shape index (κ2) is 9.22. The van der Waals surface area contributed by atoms with Gasteiger partial charge in [0.05, 0.1) is 19.8 Å². The van der Waals surface area contributed by atoms with Gasteiger partial charge in [0.1, 0.15) is 5.75 Å². The van der Waals surface area contributed by atoms with E-state index in [-0.39, 0.29) is 17.7 Å². The Hall–Kier alpha value is -2.08. The number of carbonyl (C=O) groups is 2. The molecule has 0 saturated carbocycles. The summed E-state index contributed by atoms with van der Waals surface area (Å²) >= 11 is 0. The Morgan fingerprint density at radius 2 is 1.81 bits per heavy atom. The fraction of sp³-hybridized carbons (Fsp3) is 0.619. The molecule has 148 valence electrons. The minimum atomic E-state index is 0.0416. The fourth-order valence-corrected chi connectivity index (χ4v) is 3.62. The maximum Gasteiger partial charge on any atom is 0.254 e. The topological polar surface area (TPSA) is 59.1 Å². The Labute approximate surface area is 161 Å². The van der Waals surface area contributed by atoms with Crippen LogP contribution in [0.25, 0.3) is 0 Å². The zero-order valence-electron chi connectivity index (χ0n) is 16.4. The summed E-state index contributed by atoms with van der Waals surface area (Å²) in [5.41, 5.74) is 0.677. The molecule has 0 radical (unpaired) electrons. The van der Waals surface area contributed by atoms with Gasteiger partial charge in [-0.15, -0.1) is 0 Å². The Morgan fingerprint density at radius 3 is 2.48 bits per heavy atom. The van der Waals surface area contributed by atoms with Crippen LogP contribution < -0.4 is 4.74 Å². The number of hydrogen-bond donors (Lipinski definition) is 0. The number of rotatable bonds is 5. The van der Waals surface area contributed by atoms with Gasteiger partial charge in [0.15, 0.2) is 0 Å². The van der Waals surface area contributed by atoms with E-state index < -0.39 is 0 Å². The maximum atomic E-state index is 12.5. The molecule has 6 nitrogen and oxygen atoms in total. The summed E-state index contributed by atoms with van der Waals surface area (Å²) in [6.07, 6.45) is 2.11. The van der Waals surface area contributed by atoms with Crippen LogP contribution in [0.4, 0.5) is 0 Å². The lowest BCUT2D eigenvalue weighted by atomic mass is 9.98. The van der Waals surface area contributed by atoms with E-state index in [9.17, 15) is 9.59 Å². The summed E-state index contributed by atoms with van der Waals surface area (Å²) in [6, 6.07) is 7.35. The molecule has 27 heavy (non-hydrogen) atoms. The Bertz CT molecular complexity index is 638. The molecule has 1 aromatic carbocycles. The number of benzene rings is 1. The monoisotopic (exact) mass is 374 g/mol. The van der Waals surface area contributed by atoms with Gasteiger partial charge < -0.3 is 19.3 Å². The Balaban J connectivity index is 1.49. The summed E-state index contributed by atoms with van der Waals surface area (Å²) in [6.45, 7) is 8.60. The van der Waals surface area contributed by atoms with Gasteiger partial charge in [-0.05, 0) is 37.1 Å². The normalized spacial score (nSPS) is 20.6. The van der Waals surface area contributed by atoms with Crippen LogP contribution in [0.3, 0.4) is 0 Å². The number of hydrogen-bond acceptors (Lipinski definition) is 4. The summed E-state index contributed by atoms with van der Waals surface area (Å²) < 4.78 is 11.2. The summed E-state index contributed by atoms with van der Waals surface area (Å²) in [7, 11) is 0.